The Morgan fingerprint density at radius 1 is 1.10 bits per heavy atom. The van der Waals surface area contributed by atoms with Crippen molar-refractivity contribution in [1.29, 1.82) is 0 Å². The molecule has 20 heavy (non-hydrogen) atoms. The highest BCUT2D eigenvalue weighted by Crippen LogP contribution is 2.22. The summed E-state index contributed by atoms with van der Waals surface area (Å²) in [6.45, 7) is 0. The van der Waals surface area contributed by atoms with E-state index in [0.717, 1.165) is 12.1 Å². The summed E-state index contributed by atoms with van der Waals surface area (Å²) in [5, 5.41) is 19.1. The van der Waals surface area contributed by atoms with Gasteiger partial charge in [-0.2, -0.15) is 0 Å². The molecule has 0 amide bonds. The van der Waals surface area contributed by atoms with Crippen LogP contribution in [0.5, 0.6) is 0 Å². The number of hydrogen-bond donors (Lipinski definition) is 2. The van der Waals surface area contributed by atoms with Gasteiger partial charge in [-0.05, 0) is 29.3 Å². The van der Waals surface area contributed by atoms with E-state index in [2.05, 4.69) is 0 Å². The summed E-state index contributed by atoms with van der Waals surface area (Å²) in [4.78, 5) is 11.0. The van der Waals surface area contributed by atoms with Crippen molar-refractivity contribution >= 4 is 5.97 Å². The standard InChI is InChI=1S/C15H12F2O3/c16-12-6-5-10(7-13(12)17)14(18)8-9-3-1-2-4-11(9)15(19)20/h1-7,14,18H,8H2,(H,19,20). The van der Waals surface area contributed by atoms with E-state index in [1.807, 2.05) is 0 Å². The second-order valence-electron chi connectivity index (χ2n) is 4.36. The van der Waals surface area contributed by atoms with Crippen LogP contribution in [-0.2, 0) is 6.42 Å². The first-order valence-electron chi connectivity index (χ1n) is 5.93. The number of aliphatic hydroxyl groups excluding tert-OH is 1. The van der Waals surface area contributed by atoms with E-state index in [4.69, 9.17) is 5.11 Å². The molecule has 2 rings (SSSR count). The number of benzene rings is 2. The molecule has 1 atom stereocenters. The van der Waals surface area contributed by atoms with Crippen molar-refractivity contribution in [3.63, 3.8) is 0 Å². The number of hydrogen-bond acceptors (Lipinski definition) is 2. The van der Waals surface area contributed by atoms with Gasteiger partial charge in [0.15, 0.2) is 11.6 Å². The number of halogens is 2. The lowest BCUT2D eigenvalue weighted by Gasteiger charge is -2.13. The Kier molecular flexibility index (Phi) is 4.10. The van der Waals surface area contributed by atoms with E-state index in [9.17, 15) is 18.7 Å². The van der Waals surface area contributed by atoms with Crippen LogP contribution in [0.3, 0.4) is 0 Å². The highest BCUT2D eigenvalue weighted by Gasteiger charge is 2.15. The van der Waals surface area contributed by atoms with Crippen LogP contribution >= 0.6 is 0 Å². The van der Waals surface area contributed by atoms with Gasteiger partial charge >= 0.3 is 5.97 Å². The molecule has 0 radical (unpaired) electrons. The van der Waals surface area contributed by atoms with Gasteiger partial charge < -0.3 is 10.2 Å². The van der Waals surface area contributed by atoms with Crippen molar-refractivity contribution in [2.45, 2.75) is 12.5 Å². The molecule has 0 fully saturated rings. The molecule has 0 aromatic heterocycles. The van der Waals surface area contributed by atoms with E-state index in [0.29, 0.717) is 5.56 Å². The number of aromatic carboxylic acids is 1. The Hall–Kier alpha value is -2.27. The number of carboxylic acid groups (broad SMARTS) is 1. The monoisotopic (exact) mass is 278 g/mol. The third kappa shape index (κ3) is 3.00. The molecule has 0 aliphatic heterocycles. The van der Waals surface area contributed by atoms with Gasteiger partial charge in [-0.25, -0.2) is 13.6 Å². The van der Waals surface area contributed by atoms with Gasteiger partial charge in [0.1, 0.15) is 0 Å². The summed E-state index contributed by atoms with van der Waals surface area (Å²) < 4.78 is 25.9. The minimum Gasteiger partial charge on any atom is -0.478 e. The highest BCUT2D eigenvalue weighted by molar-refractivity contribution is 5.89. The molecule has 3 nitrogen and oxygen atoms in total. The largest absolute Gasteiger partial charge is 0.478 e. The van der Waals surface area contributed by atoms with Gasteiger partial charge in [-0.3, -0.25) is 0 Å². The van der Waals surface area contributed by atoms with E-state index in [1.54, 1.807) is 18.2 Å². The number of carbonyl (C=O) groups is 1. The molecular formula is C15H12F2O3. The van der Waals surface area contributed by atoms with Crippen LogP contribution in [0.1, 0.15) is 27.6 Å². The average Bonchev–Trinajstić information content (AvgIpc) is 2.42. The summed E-state index contributed by atoms with van der Waals surface area (Å²) in [5.74, 6) is -3.14. The average molecular weight is 278 g/mol. The van der Waals surface area contributed by atoms with Crippen molar-refractivity contribution in [3.8, 4) is 0 Å². The first-order valence-corrected chi connectivity index (χ1v) is 5.93. The normalized spacial score (nSPS) is 12.2. The zero-order valence-electron chi connectivity index (χ0n) is 10.4. The first-order chi connectivity index (χ1) is 9.49. The summed E-state index contributed by atoms with van der Waals surface area (Å²) in [7, 11) is 0. The maximum absolute atomic E-state index is 13.1. The second kappa shape index (κ2) is 5.79. The Labute approximate surface area is 114 Å². The van der Waals surface area contributed by atoms with Gasteiger partial charge in [0.05, 0.1) is 11.7 Å². The summed E-state index contributed by atoms with van der Waals surface area (Å²) in [6, 6.07) is 9.34. The lowest BCUT2D eigenvalue weighted by atomic mass is 9.97. The van der Waals surface area contributed by atoms with Crippen molar-refractivity contribution in [1.82, 2.24) is 0 Å². The summed E-state index contributed by atoms with van der Waals surface area (Å²) in [5.41, 5.74) is 0.704. The SMILES string of the molecule is O=C(O)c1ccccc1CC(O)c1ccc(F)c(F)c1. The fourth-order valence-corrected chi connectivity index (χ4v) is 1.95. The van der Waals surface area contributed by atoms with E-state index < -0.39 is 23.7 Å². The zero-order chi connectivity index (χ0) is 14.7. The fourth-order valence-electron chi connectivity index (χ4n) is 1.95. The summed E-state index contributed by atoms with van der Waals surface area (Å²) in [6.07, 6.45) is -1.10. The van der Waals surface area contributed by atoms with Gasteiger partial charge in [0.2, 0.25) is 0 Å². The van der Waals surface area contributed by atoms with Gasteiger partial charge in [0.25, 0.3) is 0 Å². The molecule has 0 spiro atoms. The minimum atomic E-state index is -1.11. The molecule has 0 bridgehead atoms. The highest BCUT2D eigenvalue weighted by atomic mass is 19.2. The maximum Gasteiger partial charge on any atom is 0.335 e. The van der Waals surface area contributed by atoms with Crippen LogP contribution in [0.25, 0.3) is 0 Å². The zero-order valence-corrected chi connectivity index (χ0v) is 10.4. The predicted octanol–water partition coefficient (Wildman–Crippen LogP) is 2.94. The lowest BCUT2D eigenvalue weighted by Crippen LogP contribution is -2.08. The molecule has 0 aliphatic rings. The molecule has 0 aliphatic carbocycles. The Bertz CT molecular complexity index is 641. The van der Waals surface area contributed by atoms with Crippen LogP contribution in [-0.4, -0.2) is 16.2 Å². The van der Waals surface area contributed by atoms with Crippen LogP contribution in [0.15, 0.2) is 42.5 Å². The molecule has 5 heteroatoms. The van der Waals surface area contributed by atoms with Crippen LogP contribution < -0.4 is 0 Å². The first kappa shape index (κ1) is 14.1. The van der Waals surface area contributed by atoms with E-state index >= 15 is 0 Å². The second-order valence-corrected chi connectivity index (χ2v) is 4.36. The van der Waals surface area contributed by atoms with E-state index in [1.165, 1.54) is 12.1 Å². The molecule has 2 aromatic rings. The summed E-state index contributed by atoms with van der Waals surface area (Å²) >= 11 is 0. The molecule has 2 aromatic carbocycles. The molecule has 0 saturated carbocycles. The topological polar surface area (TPSA) is 57.5 Å². The van der Waals surface area contributed by atoms with Crippen molar-refractivity contribution in [2.75, 3.05) is 0 Å². The Balaban J connectivity index is 2.25. The Morgan fingerprint density at radius 2 is 1.80 bits per heavy atom. The van der Waals surface area contributed by atoms with Crippen LogP contribution in [0.2, 0.25) is 0 Å². The molecule has 104 valence electrons. The molecule has 0 heterocycles. The lowest BCUT2D eigenvalue weighted by molar-refractivity contribution is 0.0694. The van der Waals surface area contributed by atoms with Crippen molar-refractivity contribution in [2.24, 2.45) is 0 Å². The number of aliphatic hydroxyl groups is 1. The smallest absolute Gasteiger partial charge is 0.335 e. The minimum absolute atomic E-state index is 0.00749. The van der Waals surface area contributed by atoms with Crippen LogP contribution in [0.4, 0.5) is 8.78 Å². The predicted molar refractivity (Wildman–Crippen MR) is 68.4 cm³/mol. The van der Waals surface area contributed by atoms with Gasteiger partial charge in [0, 0.05) is 6.42 Å². The van der Waals surface area contributed by atoms with Gasteiger partial charge in [-0.15, -0.1) is 0 Å². The van der Waals surface area contributed by atoms with Crippen molar-refractivity contribution < 1.29 is 23.8 Å². The Morgan fingerprint density at radius 3 is 2.45 bits per heavy atom. The molecule has 1 unspecified atom stereocenters. The number of carboxylic acids is 1. The van der Waals surface area contributed by atoms with Crippen molar-refractivity contribution in [3.05, 3.63) is 70.8 Å². The molecule has 2 N–H and O–H groups in total. The maximum atomic E-state index is 13.1. The molecular weight excluding hydrogens is 266 g/mol. The fraction of sp³-hybridized carbons (Fsp3) is 0.133. The quantitative estimate of drug-likeness (QED) is 0.904. The molecule has 0 saturated heterocycles. The third-order valence-corrected chi connectivity index (χ3v) is 2.99. The third-order valence-electron chi connectivity index (χ3n) is 2.99. The van der Waals surface area contributed by atoms with Crippen LogP contribution in [0, 0.1) is 11.6 Å². The van der Waals surface area contributed by atoms with Gasteiger partial charge in [-0.1, -0.05) is 24.3 Å². The van der Waals surface area contributed by atoms with E-state index in [-0.39, 0.29) is 17.5 Å². The number of rotatable bonds is 4.